The summed E-state index contributed by atoms with van der Waals surface area (Å²) in [6.07, 6.45) is 1.12. The van der Waals surface area contributed by atoms with Crippen LogP contribution in [0.4, 0.5) is 4.79 Å². The number of nitrogens with zero attached hydrogens (tertiary/aromatic N) is 2. The zero-order valence-electron chi connectivity index (χ0n) is 19.2. The number of nitrogens with one attached hydrogen (secondary N) is 1. The van der Waals surface area contributed by atoms with Crippen molar-refractivity contribution in [2.75, 3.05) is 52.5 Å². The molecule has 10 nitrogen and oxygen atoms in total. The van der Waals surface area contributed by atoms with Crippen molar-refractivity contribution < 1.29 is 34.1 Å². The number of morpholine rings is 1. The van der Waals surface area contributed by atoms with Crippen molar-refractivity contribution in [2.45, 2.75) is 19.9 Å². The first-order valence-corrected chi connectivity index (χ1v) is 11.4. The number of hydrogen-bond acceptors (Lipinski definition) is 6. The van der Waals surface area contributed by atoms with E-state index in [1.807, 2.05) is 13.8 Å². The highest BCUT2D eigenvalue weighted by Crippen LogP contribution is 2.24. The number of carboxylic acid groups (broad SMARTS) is 2. The minimum atomic E-state index is -1.26. The van der Waals surface area contributed by atoms with Gasteiger partial charge in [0.25, 0.3) is 0 Å². The van der Waals surface area contributed by atoms with E-state index in [0.29, 0.717) is 47.6 Å². The Morgan fingerprint density at radius 2 is 1.68 bits per heavy atom. The zero-order chi connectivity index (χ0) is 25.5. The average Bonchev–Trinajstić information content (AvgIpc) is 2.75. The van der Waals surface area contributed by atoms with E-state index in [2.05, 4.69) is 10.2 Å². The summed E-state index contributed by atoms with van der Waals surface area (Å²) in [5.41, 5.74) is 0. The van der Waals surface area contributed by atoms with Gasteiger partial charge >= 0.3 is 18.0 Å². The fourth-order valence-electron chi connectivity index (χ4n) is 2.86. The van der Waals surface area contributed by atoms with Gasteiger partial charge in [-0.3, -0.25) is 4.90 Å². The number of halogens is 2. The maximum absolute atomic E-state index is 12.5. The van der Waals surface area contributed by atoms with Crippen molar-refractivity contribution in [2.24, 2.45) is 0 Å². The summed E-state index contributed by atoms with van der Waals surface area (Å²) in [4.78, 5) is 35.6. The first-order valence-electron chi connectivity index (χ1n) is 10.7. The lowest BCUT2D eigenvalue weighted by Gasteiger charge is -2.29. The van der Waals surface area contributed by atoms with Crippen LogP contribution in [0.25, 0.3) is 0 Å². The van der Waals surface area contributed by atoms with Gasteiger partial charge in [-0.25, -0.2) is 14.4 Å². The van der Waals surface area contributed by atoms with Crippen LogP contribution in [0.15, 0.2) is 30.4 Å². The lowest BCUT2D eigenvalue weighted by molar-refractivity contribution is -0.134. The third kappa shape index (κ3) is 13.2. The molecule has 0 spiro atoms. The number of hydrogen-bond donors (Lipinski definition) is 3. The smallest absolute Gasteiger partial charge is 0.328 e. The Bertz CT molecular complexity index is 794. The van der Waals surface area contributed by atoms with Gasteiger partial charge in [0.2, 0.25) is 0 Å². The maximum atomic E-state index is 12.5. The van der Waals surface area contributed by atoms with Crippen LogP contribution in [-0.2, 0) is 14.3 Å². The molecule has 0 radical (unpaired) electrons. The van der Waals surface area contributed by atoms with Crippen LogP contribution in [0.2, 0.25) is 10.0 Å². The number of benzene rings is 1. The second-order valence-corrected chi connectivity index (χ2v) is 8.31. The van der Waals surface area contributed by atoms with E-state index in [1.165, 1.54) is 0 Å². The predicted octanol–water partition coefficient (Wildman–Crippen LogP) is 2.84. The lowest BCUT2D eigenvalue weighted by atomic mass is 10.3. The Kier molecular flexibility index (Phi) is 14.0. The van der Waals surface area contributed by atoms with E-state index < -0.39 is 11.9 Å². The van der Waals surface area contributed by atoms with Crippen molar-refractivity contribution in [3.8, 4) is 5.75 Å². The van der Waals surface area contributed by atoms with Gasteiger partial charge in [-0.15, -0.1) is 0 Å². The van der Waals surface area contributed by atoms with Crippen LogP contribution in [0, 0.1) is 0 Å². The number of amides is 2. The normalized spacial score (nSPS) is 13.8. The van der Waals surface area contributed by atoms with Gasteiger partial charge in [0, 0.05) is 54.4 Å². The van der Waals surface area contributed by atoms with E-state index >= 15 is 0 Å². The monoisotopic (exact) mass is 519 g/mol. The zero-order valence-corrected chi connectivity index (χ0v) is 20.7. The van der Waals surface area contributed by atoms with Gasteiger partial charge in [0.1, 0.15) is 12.4 Å². The third-order valence-corrected chi connectivity index (χ3v) is 4.93. The van der Waals surface area contributed by atoms with Gasteiger partial charge in [-0.05, 0) is 32.0 Å². The number of rotatable bonds is 10. The maximum Gasteiger partial charge on any atom is 0.328 e. The van der Waals surface area contributed by atoms with Crippen molar-refractivity contribution in [1.29, 1.82) is 0 Å². The van der Waals surface area contributed by atoms with E-state index in [0.717, 1.165) is 32.8 Å². The first kappa shape index (κ1) is 29.5. The molecule has 1 heterocycles. The largest absolute Gasteiger partial charge is 0.492 e. The van der Waals surface area contributed by atoms with Crippen LogP contribution in [0.3, 0.4) is 0 Å². The van der Waals surface area contributed by atoms with Crippen molar-refractivity contribution >= 4 is 41.2 Å². The molecule has 1 saturated heterocycles. The summed E-state index contributed by atoms with van der Waals surface area (Å²) >= 11 is 11.9. The van der Waals surface area contributed by atoms with Gasteiger partial charge in [-0.1, -0.05) is 23.2 Å². The molecule has 0 atom stereocenters. The van der Waals surface area contributed by atoms with Crippen molar-refractivity contribution in [3.63, 3.8) is 0 Å². The fraction of sp³-hybridized carbons (Fsp3) is 0.500. The fourth-order valence-corrected chi connectivity index (χ4v) is 3.36. The molecule has 1 aromatic carbocycles. The number of carboxylic acids is 2. The van der Waals surface area contributed by atoms with Crippen LogP contribution < -0.4 is 10.1 Å². The number of carbonyl (C=O) groups excluding carboxylic acids is 1. The molecular formula is C22H31Cl2N3O7. The molecule has 34 heavy (non-hydrogen) atoms. The highest BCUT2D eigenvalue weighted by molar-refractivity contribution is 6.34. The van der Waals surface area contributed by atoms with E-state index in [4.69, 9.17) is 42.9 Å². The summed E-state index contributed by atoms with van der Waals surface area (Å²) in [5.74, 6) is -1.92. The van der Waals surface area contributed by atoms with Crippen molar-refractivity contribution in [1.82, 2.24) is 15.1 Å². The molecule has 0 bridgehead atoms. The summed E-state index contributed by atoms with van der Waals surface area (Å²) in [5, 5.41) is 19.7. The van der Waals surface area contributed by atoms with Crippen molar-refractivity contribution in [3.05, 3.63) is 40.4 Å². The minimum Gasteiger partial charge on any atom is -0.492 e. The van der Waals surface area contributed by atoms with Gasteiger partial charge in [-0.2, -0.15) is 0 Å². The highest BCUT2D eigenvalue weighted by atomic mass is 35.5. The molecule has 0 aromatic heterocycles. The Morgan fingerprint density at radius 3 is 2.18 bits per heavy atom. The predicted molar refractivity (Wildman–Crippen MR) is 129 cm³/mol. The SMILES string of the molecule is CC(C)N(CCOc1cc(Cl)cc(Cl)c1)C(=O)NCCN1CCOCC1.O=C(O)/C=C/C(=O)O. The van der Waals surface area contributed by atoms with Gasteiger partial charge in [0.15, 0.2) is 0 Å². The molecule has 1 aliphatic rings. The van der Waals surface area contributed by atoms with Crippen LogP contribution >= 0.6 is 23.2 Å². The number of aliphatic carboxylic acids is 2. The summed E-state index contributed by atoms with van der Waals surface area (Å²) in [6.45, 7) is 9.62. The molecule has 1 aliphatic heterocycles. The number of urea groups is 1. The molecule has 0 aliphatic carbocycles. The summed E-state index contributed by atoms with van der Waals surface area (Å²) in [7, 11) is 0. The summed E-state index contributed by atoms with van der Waals surface area (Å²) in [6, 6.07) is 5.05. The van der Waals surface area contributed by atoms with Crippen LogP contribution in [0.5, 0.6) is 5.75 Å². The van der Waals surface area contributed by atoms with Gasteiger partial charge in [0.05, 0.1) is 19.8 Å². The average molecular weight is 520 g/mol. The quantitative estimate of drug-likeness (QED) is 0.402. The lowest BCUT2D eigenvalue weighted by Crippen LogP contribution is -2.48. The Morgan fingerprint density at radius 1 is 1.12 bits per heavy atom. The Labute approximate surface area is 209 Å². The minimum absolute atomic E-state index is 0.0740. The van der Waals surface area contributed by atoms with Crippen LogP contribution in [0.1, 0.15) is 13.8 Å². The topological polar surface area (TPSA) is 129 Å². The first-order chi connectivity index (χ1) is 16.1. The third-order valence-electron chi connectivity index (χ3n) is 4.50. The highest BCUT2D eigenvalue weighted by Gasteiger charge is 2.17. The number of ether oxygens (including phenoxy) is 2. The standard InChI is InChI=1S/C18H27Cl2N3O3.C4H4O4/c1-14(2)23(7-10-26-17-12-15(19)11-16(20)13-17)18(24)21-3-4-22-5-8-25-9-6-22;5-3(6)1-2-4(7)8/h11-14H,3-10H2,1-2H3,(H,21,24);1-2H,(H,5,6)(H,7,8)/b;2-1+. The Balaban J connectivity index is 0.000000620. The molecule has 2 amide bonds. The van der Waals surface area contributed by atoms with E-state index in [-0.39, 0.29) is 12.1 Å². The molecule has 0 saturated carbocycles. The molecule has 12 heteroatoms. The van der Waals surface area contributed by atoms with Crippen LogP contribution in [-0.4, -0.2) is 96.6 Å². The molecule has 3 N–H and O–H groups in total. The van der Waals surface area contributed by atoms with E-state index in [9.17, 15) is 14.4 Å². The number of carbonyl (C=O) groups is 3. The second-order valence-electron chi connectivity index (χ2n) is 7.44. The molecule has 1 aromatic rings. The molecule has 2 rings (SSSR count). The summed E-state index contributed by atoms with van der Waals surface area (Å²) < 4.78 is 11.0. The van der Waals surface area contributed by atoms with E-state index in [1.54, 1.807) is 23.1 Å². The molecular weight excluding hydrogens is 489 g/mol. The van der Waals surface area contributed by atoms with Gasteiger partial charge < -0.3 is 29.9 Å². The molecule has 190 valence electrons. The molecule has 0 unspecified atom stereocenters. The molecule has 1 fully saturated rings. The second kappa shape index (κ2) is 16.2. The Hall–Kier alpha value is -2.53.